The van der Waals surface area contributed by atoms with Crippen molar-refractivity contribution >= 4 is 5.69 Å². The minimum Gasteiger partial charge on any atom is -0.378 e. The van der Waals surface area contributed by atoms with Crippen molar-refractivity contribution in [3.05, 3.63) is 24.5 Å². The first-order valence-electron chi connectivity index (χ1n) is 5.13. The average molecular weight is 191 g/mol. The van der Waals surface area contributed by atoms with Crippen molar-refractivity contribution in [2.75, 3.05) is 11.9 Å². The third-order valence-corrected chi connectivity index (χ3v) is 3.01. The molecule has 0 aliphatic heterocycles. The van der Waals surface area contributed by atoms with E-state index in [0.717, 1.165) is 11.6 Å². The fraction of sp³-hybridized carbons (Fsp3) is 0.545. The second-order valence-corrected chi connectivity index (χ2v) is 4.26. The molecule has 1 saturated carbocycles. The van der Waals surface area contributed by atoms with Crippen molar-refractivity contribution in [1.29, 1.82) is 0 Å². The van der Waals surface area contributed by atoms with E-state index in [0.29, 0.717) is 6.54 Å². The Balaban J connectivity index is 2.08. The zero-order valence-electron chi connectivity index (χ0n) is 8.53. The molecule has 0 saturated heterocycles. The number of aromatic nitrogens is 1. The third-order valence-electron chi connectivity index (χ3n) is 3.01. The molecule has 1 aliphatic carbocycles. The maximum absolute atomic E-state index is 5.82. The molecule has 1 atom stereocenters. The van der Waals surface area contributed by atoms with Crippen molar-refractivity contribution in [1.82, 2.24) is 4.98 Å². The van der Waals surface area contributed by atoms with Crippen LogP contribution in [0.4, 0.5) is 5.69 Å². The first-order chi connectivity index (χ1) is 6.74. The van der Waals surface area contributed by atoms with Crippen molar-refractivity contribution < 1.29 is 0 Å². The lowest BCUT2D eigenvalue weighted by molar-refractivity contribution is 0.459. The van der Waals surface area contributed by atoms with Gasteiger partial charge in [0.15, 0.2) is 0 Å². The maximum Gasteiger partial charge on any atom is 0.0495 e. The summed E-state index contributed by atoms with van der Waals surface area (Å²) in [7, 11) is 0. The van der Waals surface area contributed by atoms with E-state index in [9.17, 15) is 0 Å². The Hall–Kier alpha value is -1.09. The van der Waals surface area contributed by atoms with Gasteiger partial charge in [-0.25, -0.2) is 0 Å². The molecule has 1 unspecified atom stereocenters. The van der Waals surface area contributed by atoms with Crippen LogP contribution in [0.1, 0.15) is 19.8 Å². The molecule has 3 heteroatoms. The average Bonchev–Trinajstić information content (AvgIpc) is 3.03. The van der Waals surface area contributed by atoms with Crippen LogP contribution in [0.3, 0.4) is 0 Å². The topological polar surface area (TPSA) is 50.9 Å². The summed E-state index contributed by atoms with van der Waals surface area (Å²) in [5.74, 6) is 0.737. The Labute approximate surface area is 84.7 Å². The second kappa shape index (κ2) is 3.58. The quantitative estimate of drug-likeness (QED) is 0.760. The molecule has 0 spiro atoms. The van der Waals surface area contributed by atoms with E-state index >= 15 is 0 Å². The number of anilines is 1. The third kappa shape index (κ3) is 1.87. The van der Waals surface area contributed by atoms with Gasteiger partial charge in [-0.3, -0.25) is 4.98 Å². The summed E-state index contributed by atoms with van der Waals surface area (Å²) in [5.41, 5.74) is 6.99. The monoisotopic (exact) mass is 191 g/mol. The van der Waals surface area contributed by atoms with Gasteiger partial charge in [0.1, 0.15) is 0 Å². The standard InChI is InChI=1S/C11H17N3/c1-11(8-12,9-2-3-9)14-10-4-6-13-7-5-10/h4-7,9H,2-3,8,12H2,1H3,(H,13,14). The van der Waals surface area contributed by atoms with E-state index in [1.54, 1.807) is 12.4 Å². The van der Waals surface area contributed by atoms with Gasteiger partial charge in [0.2, 0.25) is 0 Å². The number of hydrogen-bond acceptors (Lipinski definition) is 3. The number of rotatable bonds is 4. The highest BCUT2D eigenvalue weighted by atomic mass is 15.0. The molecule has 1 aromatic rings. The van der Waals surface area contributed by atoms with Crippen LogP contribution in [-0.4, -0.2) is 17.1 Å². The lowest BCUT2D eigenvalue weighted by Gasteiger charge is -2.30. The molecule has 0 bridgehead atoms. The van der Waals surface area contributed by atoms with Crippen LogP contribution in [0, 0.1) is 5.92 Å². The molecule has 1 aliphatic rings. The predicted molar refractivity (Wildman–Crippen MR) is 58.0 cm³/mol. The molecular weight excluding hydrogens is 174 g/mol. The highest BCUT2D eigenvalue weighted by Gasteiger charge is 2.40. The zero-order chi connectivity index (χ0) is 10.0. The zero-order valence-corrected chi connectivity index (χ0v) is 8.53. The molecule has 0 amide bonds. The summed E-state index contributed by atoms with van der Waals surface area (Å²) in [5, 5.41) is 3.50. The smallest absolute Gasteiger partial charge is 0.0495 e. The number of hydrogen-bond donors (Lipinski definition) is 2. The SMILES string of the molecule is CC(CN)(Nc1ccncc1)C1CC1. The summed E-state index contributed by atoms with van der Waals surface area (Å²) >= 11 is 0. The number of nitrogens with two attached hydrogens (primary N) is 1. The molecule has 3 nitrogen and oxygen atoms in total. The van der Waals surface area contributed by atoms with Crippen LogP contribution < -0.4 is 11.1 Å². The van der Waals surface area contributed by atoms with E-state index in [-0.39, 0.29) is 5.54 Å². The fourth-order valence-electron chi connectivity index (χ4n) is 1.81. The van der Waals surface area contributed by atoms with Gasteiger partial charge in [-0.05, 0) is 37.8 Å². The van der Waals surface area contributed by atoms with Gasteiger partial charge in [-0.1, -0.05) is 0 Å². The van der Waals surface area contributed by atoms with E-state index in [2.05, 4.69) is 17.2 Å². The molecule has 76 valence electrons. The molecule has 2 rings (SSSR count). The first-order valence-corrected chi connectivity index (χ1v) is 5.13. The minimum absolute atomic E-state index is 0.0569. The van der Waals surface area contributed by atoms with Gasteiger partial charge < -0.3 is 11.1 Å². The summed E-state index contributed by atoms with van der Waals surface area (Å²) in [4.78, 5) is 3.99. The van der Waals surface area contributed by atoms with Gasteiger partial charge in [0, 0.05) is 30.2 Å². The van der Waals surface area contributed by atoms with E-state index in [1.165, 1.54) is 12.8 Å². The number of pyridine rings is 1. The van der Waals surface area contributed by atoms with Crippen LogP contribution in [0.5, 0.6) is 0 Å². The van der Waals surface area contributed by atoms with Gasteiger partial charge in [-0.15, -0.1) is 0 Å². The van der Waals surface area contributed by atoms with Gasteiger partial charge >= 0.3 is 0 Å². The van der Waals surface area contributed by atoms with Crippen LogP contribution in [0.25, 0.3) is 0 Å². The predicted octanol–water partition coefficient (Wildman–Crippen LogP) is 1.62. The molecule has 0 radical (unpaired) electrons. The Morgan fingerprint density at radius 2 is 2.14 bits per heavy atom. The van der Waals surface area contributed by atoms with Crippen molar-refractivity contribution in [3.63, 3.8) is 0 Å². The lowest BCUT2D eigenvalue weighted by atomic mass is 9.95. The van der Waals surface area contributed by atoms with E-state index in [4.69, 9.17) is 5.73 Å². The molecule has 1 heterocycles. The maximum atomic E-state index is 5.82. The summed E-state index contributed by atoms with van der Waals surface area (Å²) in [6, 6.07) is 3.96. The first kappa shape index (κ1) is 9.46. The molecule has 0 aromatic carbocycles. The van der Waals surface area contributed by atoms with Crippen molar-refractivity contribution in [2.45, 2.75) is 25.3 Å². The Kier molecular flexibility index (Phi) is 2.42. The molecule has 3 N–H and O–H groups in total. The van der Waals surface area contributed by atoms with Gasteiger partial charge in [0.05, 0.1) is 0 Å². The normalized spacial score (nSPS) is 20.1. The molecular formula is C11H17N3. The number of nitrogens with zero attached hydrogens (tertiary/aromatic N) is 1. The molecule has 1 aromatic heterocycles. The minimum atomic E-state index is 0.0569. The van der Waals surface area contributed by atoms with Crippen LogP contribution in [0.2, 0.25) is 0 Å². The Morgan fingerprint density at radius 3 is 2.64 bits per heavy atom. The summed E-state index contributed by atoms with van der Waals surface area (Å²) in [6.45, 7) is 2.88. The van der Waals surface area contributed by atoms with Crippen molar-refractivity contribution in [3.8, 4) is 0 Å². The number of nitrogens with one attached hydrogen (secondary N) is 1. The van der Waals surface area contributed by atoms with Crippen LogP contribution in [-0.2, 0) is 0 Å². The summed E-state index contributed by atoms with van der Waals surface area (Å²) in [6.07, 6.45) is 6.19. The Bertz CT molecular complexity index is 295. The largest absolute Gasteiger partial charge is 0.378 e. The van der Waals surface area contributed by atoms with Crippen LogP contribution >= 0.6 is 0 Å². The van der Waals surface area contributed by atoms with Gasteiger partial charge in [0.25, 0.3) is 0 Å². The van der Waals surface area contributed by atoms with E-state index in [1.807, 2.05) is 12.1 Å². The van der Waals surface area contributed by atoms with E-state index < -0.39 is 0 Å². The lowest BCUT2D eigenvalue weighted by Crippen LogP contribution is -2.44. The highest BCUT2D eigenvalue weighted by molar-refractivity contribution is 5.44. The second-order valence-electron chi connectivity index (χ2n) is 4.26. The summed E-state index contributed by atoms with van der Waals surface area (Å²) < 4.78 is 0. The molecule has 14 heavy (non-hydrogen) atoms. The van der Waals surface area contributed by atoms with Crippen molar-refractivity contribution in [2.24, 2.45) is 11.7 Å². The fourth-order valence-corrected chi connectivity index (χ4v) is 1.81. The Morgan fingerprint density at radius 1 is 1.50 bits per heavy atom. The van der Waals surface area contributed by atoms with Crippen LogP contribution in [0.15, 0.2) is 24.5 Å². The highest BCUT2D eigenvalue weighted by Crippen LogP contribution is 2.40. The molecule has 1 fully saturated rings. The van der Waals surface area contributed by atoms with Gasteiger partial charge in [-0.2, -0.15) is 0 Å².